The van der Waals surface area contributed by atoms with Crippen LogP contribution in [0.15, 0.2) is 18.2 Å². The number of halogens is 3. The third-order valence-corrected chi connectivity index (χ3v) is 4.27. The topological polar surface area (TPSA) is 92.5 Å². The molecule has 1 saturated carbocycles. The molecule has 24 heavy (non-hydrogen) atoms. The lowest BCUT2D eigenvalue weighted by Crippen LogP contribution is -2.45. The maximum Gasteiger partial charge on any atom is 0.393 e. The molecule has 2 atom stereocenters. The second kappa shape index (κ2) is 7.16. The van der Waals surface area contributed by atoms with Crippen LogP contribution in [0.25, 0.3) is 0 Å². The Kier molecular flexibility index (Phi) is 5.43. The van der Waals surface area contributed by atoms with Gasteiger partial charge in [-0.15, -0.1) is 0 Å². The number of nitro benzene ring substituents is 1. The third-order valence-electron chi connectivity index (χ3n) is 4.27. The van der Waals surface area contributed by atoms with Crippen LogP contribution < -0.4 is 5.32 Å². The van der Waals surface area contributed by atoms with Crippen LogP contribution in [0.5, 0.6) is 0 Å². The summed E-state index contributed by atoms with van der Waals surface area (Å²) in [5.41, 5.74) is -0.491. The van der Waals surface area contributed by atoms with E-state index in [1.807, 2.05) is 0 Å². The quantitative estimate of drug-likeness (QED) is 0.629. The van der Waals surface area contributed by atoms with Gasteiger partial charge in [0.1, 0.15) is 0 Å². The Bertz CT molecular complexity index is 634. The lowest BCUT2D eigenvalue weighted by Gasteiger charge is -2.33. The molecule has 0 aliphatic heterocycles. The first kappa shape index (κ1) is 18.2. The Balaban J connectivity index is 2.15. The summed E-state index contributed by atoms with van der Waals surface area (Å²) in [4.78, 5) is 21.2. The minimum absolute atomic E-state index is 0.0429. The van der Waals surface area contributed by atoms with Crippen LogP contribution in [0, 0.1) is 16.0 Å². The van der Waals surface area contributed by atoms with Crippen molar-refractivity contribution in [2.45, 2.75) is 44.4 Å². The summed E-state index contributed by atoms with van der Waals surface area (Å²) < 4.78 is 39.2. The van der Waals surface area contributed by atoms with Crippen LogP contribution in [0.3, 0.4) is 0 Å². The van der Waals surface area contributed by atoms with Gasteiger partial charge in [-0.3, -0.25) is 10.1 Å². The van der Waals surface area contributed by atoms with Crippen molar-refractivity contribution in [2.75, 3.05) is 0 Å². The van der Waals surface area contributed by atoms with Crippen molar-refractivity contribution < 1.29 is 28.0 Å². The molecule has 9 heteroatoms. The number of alkyl halides is 3. The average molecular weight is 346 g/mol. The summed E-state index contributed by atoms with van der Waals surface area (Å²) in [6.45, 7) is -0.118. The standard InChI is InChI=1S/C15H17F3N2O4/c16-15(17,18)11-3-1-2-4-12(11)19-8-10-6-5-9(14(21)22)7-13(10)20(23)24/h5-7,11-12,19H,1-4,8H2,(H,21,22). The summed E-state index contributed by atoms with van der Waals surface area (Å²) in [5.74, 6) is -2.77. The number of nitro groups is 1. The SMILES string of the molecule is O=C(O)c1ccc(CNC2CCCCC2C(F)(F)F)c([N+](=O)[O-])c1. The Labute approximate surface area is 135 Å². The number of carboxylic acid groups (broad SMARTS) is 1. The minimum atomic E-state index is -4.31. The molecule has 0 spiro atoms. The largest absolute Gasteiger partial charge is 0.478 e. The number of hydrogen-bond donors (Lipinski definition) is 2. The monoisotopic (exact) mass is 346 g/mol. The summed E-state index contributed by atoms with van der Waals surface area (Å²) >= 11 is 0. The maximum atomic E-state index is 13.1. The zero-order valence-corrected chi connectivity index (χ0v) is 12.7. The smallest absolute Gasteiger partial charge is 0.393 e. The van der Waals surface area contributed by atoms with E-state index in [2.05, 4.69) is 5.32 Å². The second-order valence-corrected chi connectivity index (χ2v) is 5.83. The number of nitrogens with one attached hydrogen (secondary N) is 1. The maximum absolute atomic E-state index is 13.1. The number of benzene rings is 1. The number of nitrogens with zero attached hydrogens (tertiary/aromatic N) is 1. The Morgan fingerprint density at radius 1 is 1.33 bits per heavy atom. The van der Waals surface area contributed by atoms with Crippen molar-refractivity contribution in [1.29, 1.82) is 0 Å². The average Bonchev–Trinajstić information content (AvgIpc) is 2.52. The van der Waals surface area contributed by atoms with Gasteiger partial charge in [-0.25, -0.2) is 4.79 Å². The molecule has 0 bridgehead atoms. The molecule has 132 valence electrons. The molecule has 1 aliphatic rings. The van der Waals surface area contributed by atoms with Gasteiger partial charge < -0.3 is 10.4 Å². The molecular formula is C15H17F3N2O4. The first-order valence-corrected chi connectivity index (χ1v) is 7.51. The summed E-state index contributed by atoms with van der Waals surface area (Å²) in [6, 6.07) is 2.59. The molecule has 1 fully saturated rings. The zero-order valence-electron chi connectivity index (χ0n) is 12.7. The molecule has 0 saturated heterocycles. The molecule has 1 aromatic carbocycles. The van der Waals surface area contributed by atoms with E-state index in [4.69, 9.17) is 5.11 Å². The molecule has 0 heterocycles. The van der Waals surface area contributed by atoms with Gasteiger partial charge in [0.25, 0.3) is 5.69 Å². The second-order valence-electron chi connectivity index (χ2n) is 5.83. The summed E-state index contributed by atoms with van der Waals surface area (Å²) in [7, 11) is 0. The van der Waals surface area contributed by atoms with Crippen LogP contribution in [-0.4, -0.2) is 28.2 Å². The molecule has 6 nitrogen and oxygen atoms in total. The fourth-order valence-electron chi connectivity index (χ4n) is 3.02. The predicted octanol–water partition coefficient (Wildman–Crippen LogP) is 3.50. The van der Waals surface area contributed by atoms with Gasteiger partial charge >= 0.3 is 12.1 Å². The van der Waals surface area contributed by atoms with Crippen LogP contribution in [0.2, 0.25) is 0 Å². The normalized spacial score (nSPS) is 21.5. The van der Waals surface area contributed by atoms with E-state index in [0.717, 1.165) is 6.07 Å². The van der Waals surface area contributed by atoms with E-state index in [1.165, 1.54) is 12.1 Å². The van der Waals surface area contributed by atoms with E-state index in [0.29, 0.717) is 19.3 Å². The lowest BCUT2D eigenvalue weighted by molar-refractivity contribution is -0.385. The van der Waals surface area contributed by atoms with Crippen LogP contribution in [0.4, 0.5) is 18.9 Å². The number of carbonyl (C=O) groups is 1. The highest BCUT2D eigenvalue weighted by Gasteiger charge is 2.45. The summed E-state index contributed by atoms with van der Waals surface area (Å²) in [6.07, 6.45) is -2.73. The Hall–Kier alpha value is -2.16. The van der Waals surface area contributed by atoms with Gasteiger partial charge in [0.2, 0.25) is 0 Å². The van der Waals surface area contributed by atoms with Gasteiger partial charge in [0, 0.05) is 24.2 Å². The molecule has 0 radical (unpaired) electrons. The minimum Gasteiger partial charge on any atom is -0.478 e. The van der Waals surface area contributed by atoms with E-state index in [9.17, 15) is 28.1 Å². The highest BCUT2D eigenvalue weighted by Crippen LogP contribution is 2.38. The third kappa shape index (κ3) is 4.22. The van der Waals surface area contributed by atoms with Crippen LogP contribution >= 0.6 is 0 Å². The van der Waals surface area contributed by atoms with Crippen molar-refractivity contribution in [3.8, 4) is 0 Å². The highest BCUT2D eigenvalue weighted by atomic mass is 19.4. The van der Waals surface area contributed by atoms with Crippen molar-refractivity contribution in [3.63, 3.8) is 0 Å². The van der Waals surface area contributed by atoms with Crippen molar-refractivity contribution in [3.05, 3.63) is 39.4 Å². The molecule has 0 aromatic heterocycles. The lowest BCUT2D eigenvalue weighted by atomic mass is 9.84. The van der Waals surface area contributed by atoms with E-state index >= 15 is 0 Å². The molecule has 2 rings (SSSR count). The van der Waals surface area contributed by atoms with E-state index in [-0.39, 0.29) is 24.1 Å². The highest BCUT2D eigenvalue weighted by molar-refractivity contribution is 5.88. The van der Waals surface area contributed by atoms with E-state index in [1.54, 1.807) is 0 Å². The number of aromatic carboxylic acids is 1. The fourth-order valence-corrected chi connectivity index (χ4v) is 3.02. The van der Waals surface area contributed by atoms with E-state index < -0.39 is 34.7 Å². The first-order chi connectivity index (χ1) is 11.2. The van der Waals surface area contributed by atoms with Gasteiger partial charge in [0.05, 0.1) is 16.4 Å². The fraction of sp³-hybridized carbons (Fsp3) is 0.533. The molecule has 2 unspecified atom stereocenters. The molecule has 1 aromatic rings. The van der Waals surface area contributed by atoms with Gasteiger partial charge in [-0.2, -0.15) is 13.2 Å². The van der Waals surface area contributed by atoms with Gasteiger partial charge in [0.15, 0.2) is 0 Å². The Morgan fingerprint density at radius 3 is 2.58 bits per heavy atom. The predicted molar refractivity (Wildman–Crippen MR) is 78.7 cm³/mol. The molecule has 2 N–H and O–H groups in total. The number of rotatable bonds is 5. The van der Waals surface area contributed by atoms with Crippen molar-refractivity contribution >= 4 is 11.7 Å². The van der Waals surface area contributed by atoms with Gasteiger partial charge in [-0.1, -0.05) is 18.9 Å². The zero-order chi connectivity index (χ0) is 17.9. The van der Waals surface area contributed by atoms with Gasteiger partial charge in [-0.05, 0) is 18.9 Å². The molecular weight excluding hydrogens is 329 g/mol. The number of carboxylic acids is 1. The summed E-state index contributed by atoms with van der Waals surface area (Å²) in [5, 5.41) is 22.7. The molecule has 1 aliphatic carbocycles. The van der Waals surface area contributed by atoms with Crippen LogP contribution in [0.1, 0.15) is 41.6 Å². The van der Waals surface area contributed by atoms with Crippen molar-refractivity contribution in [2.24, 2.45) is 5.92 Å². The molecule has 0 amide bonds. The Morgan fingerprint density at radius 2 is 2.00 bits per heavy atom. The number of hydrogen-bond acceptors (Lipinski definition) is 4. The van der Waals surface area contributed by atoms with Crippen LogP contribution in [-0.2, 0) is 6.54 Å². The van der Waals surface area contributed by atoms with Crippen molar-refractivity contribution in [1.82, 2.24) is 5.32 Å². The first-order valence-electron chi connectivity index (χ1n) is 7.51.